The molecule has 3 rings (SSSR count). The maximum Gasteiger partial charge on any atom is 0.344 e. The van der Waals surface area contributed by atoms with Crippen LogP contribution in [0.5, 0.6) is 5.75 Å². The van der Waals surface area contributed by atoms with Crippen molar-refractivity contribution >= 4 is 23.9 Å². The predicted octanol–water partition coefficient (Wildman–Crippen LogP) is 2.21. The van der Waals surface area contributed by atoms with E-state index in [0.29, 0.717) is 16.3 Å². The van der Waals surface area contributed by atoms with Crippen molar-refractivity contribution in [2.45, 2.75) is 12.5 Å². The van der Waals surface area contributed by atoms with E-state index >= 15 is 0 Å². The summed E-state index contributed by atoms with van der Waals surface area (Å²) in [6, 6.07) is 15.3. The molecule has 0 aliphatic carbocycles. The SMILES string of the molecule is COc1cccc(C2(C)NC(=O)N(NC(=O)C=Cc3ccccc3)C2=O)c1. The first-order valence-electron chi connectivity index (χ1n) is 8.29. The van der Waals surface area contributed by atoms with Crippen LogP contribution in [0.3, 0.4) is 0 Å². The summed E-state index contributed by atoms with van der Waals surface area (Å²) in [6.45, 7) is 1.58. The molecule has 1 fully saturated rings. The first-order valence-corrected chi connectivity index (χ1v) is 8.29. The molecule has 1 aliphatic rings. The van der Waals surface area contributed by atoms with Gasteiger partial charge in [-0.3, -0.25) is 15.0 Å². The molecule has 0 bridgehead atoms. The number of carbonyl (C=O) groups is 3. The maximum absolute atomic E-state index is 12.8. The quantitative estimate of drug-likeness (QED) is 0.628. The topological polar surface area (TPSA) is 87.7 Å². The molecule has 0 aromatic heterocycles. The van der Waals surface area contributed by atoms with Crippen molar-refractivity contribution in [3.8, 4) is 5.75 Å². The molecule has 0 saturated carbocycles. The van der Waals surface area contributed by atoms with Gasteiger partial charge >= 0.3 is 6.03 Å². The smallest absolute Gasteiger partial charge is 0.344 e. The minimum absolute atomic E-state index is 0.553. The summed E-state index contributed by atoms with van der Waals surface area (Å²) >= 11 is 0. The van der Waals surface area contributed by atoms with Gasteiger partial charge in [0.05, 0.1) is 7.11 Å². The van der Waals surface area contributed by atoms with Crippen LogP contribution in [0.25, 0.3) is 6.08 Å². The Bertz CT molecular complexity index is 910. The Morgan fingerprint density at radius 3 is 2.59 bits per heavy atom. The molecule has 2 aromatic rings. The molecule has 1 heterocycles. The fourth-order valence-corrected chi connectivity index (χ4v) is 2.75. The number of hydrogen-bond acceptors (Lipinski definition) is 4. The summed E-state index contributed by atoms with van der Waals surface area (Å²) in [5.74, 6) is -0.608. The molecule has 1 atom stereocenters. The maximum atomic E-state index is 12.8. The normalized spacial score (nSPS) is 19.3. The van der Waals surface area contributed by atoms with Crippen LogP contribution in [-0.4, -0.2) is 30.0 Å². The van der Waals surface area contributed by atoms with Gasteiger partial charge in [0.15, 0.2) is 0 Å². The van der Waals surface area contributed by atoms with Crippen LogP contribution in [-0.2, 0) is 15.1 Å². The predicted molar refractivity (Wildman–Crippen MR) is 99.3 cm³/mol. The number of hydrazine groups is 1. The van der Waals surface area contributed by atoms with Crippen molar-refractivity contribution in [3.63, 3.8) is 0 Å². The minimum Gasteiger partial charge on any atom is -0.497 e. The second-order valence-corrected chi connectivity index (χ2v) is 6.15. The van der Waals surface area contributed by atoms with E-state index in [0.717, 1.165) is 5.56 Å². The first kappa shape index (κ1) is 18.2. The lowest BCUT2D eigenvalue weighted by atomic mass is 9.92. The molecule has 2 N–H and O–H groups in total. The Morgan fingerprint density at radius 1 is 1.15 bits per heavy atom. The summed E-state index contributed by atoms with van der Waals surface area (Å²) in [6.07, 6.45) is 2.85. The summed E-state index contributed by atoms with van der Waals surface area (Å²) in [5.41, 5.74) is 2.39. The Labute approximate surface area is 156 Å². The summed E-state index contributed by atoms with van der Waals surface area (Å²) in [5, 5.41) is 3.31. The van der Waals surface area contributed by atoms with Gasteiger partial charge in [-0.1, -0.05) is 42.5 Å². The van der Waals surface area contributed by atoms with E-state index in [1.54, 1.807) is 37.3 Å². The zero-order chi connectivity index (χ0) is 19.4. The van der Waals surface area contributed by atoms with Gasteiger partial charge in [-0.2, -0.15) is 5.01 Å². The number of urea groups is 1. The standard InChI is InChI=1S/C20H19N3O4/c1-20(15-9-6-10-16(13-15)27-2)18(25)23(19(26)21-20)22-17(24)12-11-14-7-4-3-5-8-14/h3-13H,1-2H3,(H,21,26)(H,22,24). The molecule has 4 amide bonds. The van der Waals surface area contributed by atoms with E-state index in [9.17, 15) is 14.4 Å². The average molecular weight is 365 g/mol. The van der Waals surface area contributed by atoms with Crippen molar-refractivity contribution < 1.29 is 19.1 Å². The molecular formula is C20H19N3O4. The number of benzene rings is 2. The highest BCUT2D eigenvalue weighted by molar-refractivity contribution is 6.09. The van der Waals surface area contributed by atoms with Crippen LogP contribution < -0.4 is 15.5 Å². The van der Waals surface area contributed by atoms with Crippen molar-refractivity contribution in [1.29, 1.82) is 0 Å². The van der Waals surface area contributed by atoms with Crippen molar-refractivity contribution in [2.75, 3.05) is 7.11 Å². The number of imide groups is 1. The Hall–Kier alpha value is -3.61. The van der Waals surface area contributed by atoms with Crippen LogP contribution in [0, 0.1) is 0 Å². The van der Waals surface area contributed by atoms with Crippen LogP contribution in [0.2, 0.25) is 0 Å². The van der Waals surface area contributed by atoms with E-state index in [-0.39, 0.29) is 0 Å². The highest BCUT2D eigenvalue weighted by Crippen LogP contribution is 2.30. The zero-order valence-corrected chi connectivity index (χ0v) is 14.9. The third-order valence-electron chi connectivity index (χ3n) is 4.29. The van der Waals surface area contributed by atoms with E-state index < -0.39 is 23.4 Å². The molecule has 7 nitrogen and oxygen atoms in total. The van der Waals surface area contributed by atoms with Crippen molar-refractivity contribution in [2.24, 2.45) is 0 Å². The van der Waals surface area contributed by atoms with Crippen LogP contribution >= 0.6 is 0 Å². The van der Waals surface area contributed by atoms with Gasteiger partial charge in [-0.15, -0.1) is 0 Å². The number of hydrogen-bond donors (Lipinski definition) is 2. The Kier molecular flexibility index (Phi) is 4.94. The third kappa shape index (κ3) is 3.67. The van der Waals surface area contributed by atoms with Gasteiger partial charge in [0.1, 0.15) is 11.3 Å². The van der Waals surface area contributed by atoms with Crippen molar-refractivity contribution in [1.82, 2.24) is 15.8 Å². The molecular weight excluding hydrogens is 346 g/mol. The van der Waals surface area contributed by atoms with Gasteiger partial charge in [-0.25, -0.2) is 4.79 Å². The lowest BCUT2D eigenvalue weighted by Crippen LogP contribution is -2.47. The van der Waals surface area contributed by atoms with E-state index in [1.165, 1.54) is 13.2 Å². The molecule has 1 aliphatic heterocycles. The Balaban J connectivity index is 1.75. The molecule has 1 unspecified atom stereocenters. The molecule has 2 aromatic carbocycles. The number of methoxy groups -OCH3 is 1. The number of nitrogens with one attached hydrogen (secondary N) is 2. The number of ether oxygens (including phenoxy) is 1. The molecule has 0 spiro atoms. The molecule has 0 radical (unpaired) electrons. The molecule has 27 heavy (non-hydrogen) atoms. The lowest BCUT2D eigenvalue weighted by Gasteiger charge is -2.22. The van der Waals surface area contributed by atoms with E-state index in [1.807, 2.05) is 30.3 Å². The largest absolute Gasteiger partial charge is 0.497 e. The van der Waals surface area contributed by atoms with E-state index in [2.05, 4.69) is 10.7 Å². The van der Waals surface area contributed by atoms with Gasteiger partial charge in [0.2, 0.25) is 0 Å². The van der Waals surface area contributed by atoms with Gasteiger partial charge in [-0.05, 0) is 36.3 Å². The van der Waals surface area contributed by atoms with Gasteiger partial charge in [0.25, 0.3) is 11.8 Å². The molecule has 1 saturated heterocycles. The number of rotatable bonds is 5. The first-order chi connectivity index (χ1) is 12.9. The number of amides is 4. The van der Waals surface area contributed by atoms with E-state index in [4.69, 9.17) is 4.74 Å². The third-order valence-corrected chi connectivity index (χ3v) is 4.29. The average Bonchev–Trinajstić information content (AvgIpc) is 2.91. The number of carbonyl (C=O) groups excluding carboxylic acids is 3. The van der Waals surface area contributed by atoms with Crippen LogP contribution in [0.15, 0.2) is 60.7 Å². The van der Waals surface area contributed by atoms with Crippen LogP contribution in [0.1, 0.15) is 18.1 Å². The summed E-state index contributed by atoms with van der Waals surface area (Å²) < 4.78 is 5.17. The molecule has 138 valence electrons. The monoisotopic (exact) mass is 365 g/mol. The highest BCUT2D eigenvalue weighted by atomic mass is 16.5. The van der Waals surface area contributed by atoms with Crippen LogP contribution in [0.4, 0.5) is 4.79 Å². The summed E-state index contributed by atoms with van der Waals surface area (Å²) in [7, 11) is 1.52. The lowest BCUT2D eigenvalue weighted by molar-refractivity contribution is -0.137. The second-order valence-electron chi connectivity index (χ2n) is 6.15. The minimum atomic E-state index is -1.30. The zero-order valence-electron chi connectivity index (χ0n) is 14.9. The van der Waals surface area contributed by atoms with Gasteiger partial charge < -0.3 is 10.1 Å². The van der Waals surface area contributed by atoms with Crippen molar-refractivity contribution in [3.05, 3.63) is 71.8 Å². The highest BCUT2D eigenvalue weighted by Gasteiger charge is 2.50. The number of nitrogens with zero attached hydrogens (tertiary/aromatic N) is 1. The second kappa shape index (κ2) is 7.33. The van der Waals surface area contributed by atoms with Gasteiger partial charge in [0, 0.05) is 6.08 Å². The summed E-state index contributed by atoms with van der Waals surface area (Å²) in [4.78, 5) is 37.2. The fourth-order valence-electron chi connectivity index (χ4n) is 2.75. The fraction of sp³-hybridized carbons (Fsp3) is 0.150. The molecule has 7 heteroatoms. The Morgan fingerprint density at radius 2 is 1.89 bits per heavy atom.